The molecule has 194 valence electrons. The molecule has 0 bridgehead atoms. The van der Waals surface area contributed by atoms with Crippen LogP contribution >= 0.6 is 58.0 Å². The number of carbonyl (C=O) groups is 2. The molecule has 2 unspecified atom stereocenters. The Kier molecular flexibility index (Phi) is 7.84. The first kappa shape index (κ1) is 27.7. The maximum Gasteiger partial charge on any atom is 0.259 e. The smallest absolute Gasteiger partial charge is 0.259 e. The average molecular weight is 608 g/mol. The number of carbonyl (C=O) groups excluding carboxylic acids is 2. The van der Waals surface area contributed by atoms with E-state index in [0.29, 0.717) is 15.6 Å². The number of benzene rings is 3. The zero-order valence-electron chi connectivity index (χ0n) is 19.2. The van der Waals surface area contributed by atoms with Crippen LogP contribution in [0, 0.1) is 17.6 Å². The van der Waals surface area contributed by atoms with E-state index in [-0.39, 0.29) is 27.6 Å². The summed E-state index contributed by atoms with van der Waals surface area (Å²) >= 11 is 31.1. The quantitative estimate of drug-likeness (QED) is 0.282. The first-order valence-electron chi connectivity index (χ1n) is 10.8. The van der Waals surface area contributed by atoms with Gasteiger partial charge in [-0.25, -0.2) is 8.78 Å². The molecule has 0 saturated heterocycles. The second kappa shape index (κ2) is 10.5. The molecule has 0 aromatic heterocycles. The van der Waals surface area contributed by atoms with E-state index in [9.17, 15) is 18.4 Å². The highest BCUT2D eigenvalue weighted by Gasteiger charge is 2.67. The third-order valence-electron chi connectivity index (χ3n) is 6.09. The summed E-state index contributed by atoms with van der Waals surface area (Å²) in [6.07, 6.45) is 0. The number of amides is 2. The van der Waals surface area contributed by atoms with Crippen LogP contribution < -0.4 is 15.5 Å². The van der Waals surface area contributed by atoms with Crippen molar-refractivity contribution >= 4 is 86.9 Å². The number of nitrogens with one attached hydrogen (secondary N) is 2. The van der Waals surface area contributed by atoms with Gasteiger partial charge in [0, 0.05) is 25.7 Å². The Bertz CT molecular complexity index is 1420. The van der Waals surface area contributed by atoms with Crippen molar-refractivity contribution in [2.45, 2.75) is 10.3 Å². The lowest BCUT2D eigenvalue weighted by atomic mass is 10.1. The van der Waals surface area contributed by atoms with Gasteiger partial charge in [-0.3, -0.25) is 9.59 Å². The molecule has 2 atom stereocenters. The summed E-state index contributed by atoms with van der Waals surface area (Å²) in [5.41, 5.74) is 0.325. The monoisotopic (exact) mass is 605 g/mol. The maximum absolute atomic E-state index is 14.8. The Morgan fingerprint density at radius 1 is 0.946 bits per heavy atom. The Balaban J connectivity index is 1.56. The Hall–Kier alpha value is -2.29. The van der Waals surface area contributed by atoms with Crippen LogP contribution in [0.3, 0.4) is 0 Å². The van der Waals surface area contributed by atoms with Gasteiger partial charge in [0.25, 0.3) is 5.91 Å². The lowest BCUT2D eigenvalue weighted by molar-refractivity contribution is -0.117. The molecule has 2 amide bonds. The van der Waals surface area contributed by atoms with Crippen molar-refractivity contribution < 1.29 is 18.4 Å². The fraction of sp³-hybridized carbons (Fsp3) is 0.200. The van der Waals surface area contributed by atoms with E-state index in [1.54, 1.807) is 18.2 Å². The number of halogens is 7. The van der Waals surface area contributed by atoms with E-state index in [4.69, 9.17) is 58.0 Å². The SMILES string of the molecule is CNc1c(F)ccc(N(C)C(=O)c2cc(NC(=O)C3C(c4ccc(Cl)c(Cl)c4)C3(Cl)Cl)ccc2Cl)c1F. The second-order valence-corrected chi connectivity index (χ2v) is 11.0. The summed E-state index contributed by atoms with van der Waals surface area (Å²) in [6.45, 7) is 0. The standard InChI is InChI=1S/C25H18Cl5F2N3O2/c1-33-22-17(31)7-8-18(21(22)32)35(2)24(37)13-10-12(4-6-14(13)26)34-23(36)20-19(25(20,29)30)11-3-5-15(27)16(28)9-11/h3-10,19-20,33H,1-2H3,(H,34,36). The fourth-order valence-corrected chi connectivity index (χ4v) is 5.41. The van der Waals surface area contributed by atoms with Crippen molar-refractivity contribution in [3.05, 3.63) is 86.4 Å². The number of nitrogens with zero attached hydrogens (tertiary/aromatic N) is 1. The topological polar surface area (TPSA) is 61.4 Å². The van der Waals surface area contributed by atoms with E-state index in [1.165, 1.54) is 32.3 Å². The summed E-state index contributed by atoms with van der Waals surface area (Å²) < 4.78 is 27.3. The van der Waals surface area contributed by atoms with Crippen LogP contribution in [-0.2, 0) is 4.79 Å². The Morgan fingerprint density at radius 2 is 1.62 bits per heavy atom. The molecule has 3 aromatic rings. The largest absolute Gasteiger partial charge is 0.383 e. The van der Waals surface area contributed by atoms with Gasteiger partial charge in [0.05, 0.1) is 32.2 Å². The Labute approximate surface area is 236 Å². The zero-order chi connectivity index (χ0) is 27.2. The molecular weight excluding hydrogens is 590 g/mol. The number of alkyl halides is 2. The molecule has 3 aromatic carbocycles. The number of anilines is 3. The average Bonchev–Trinajstić information content (AvgIpc) is 3.43. The number of hydrogen-bond acceptors (Lipinski definition) is 3. The van der Waals surface area contributed by atoms with Gasteiger partial charge in [0.15, 0.2) is 5.82 Å². The minimum absolute atomic E-state index is 0.0171. The molecule has 4 rings (SSSR count). The molecule has 0 spiro atoms. The van der Waals surface area contributed by atoms with Gasteiger partial charge in [-0.15, -0.1) is 23.2 Å². The van der Waals surface area contributed by atoms with E-state index in [1.807, 2.05) is 0 Å². The van der Waals surface area contributed by atoms with Gasteiger partial charge in [0.1, 0.15) is 15.8 Å². The summed E-state index contributed by atoms with van der Waals surface area (Å²) in [7, 11) is 2.68. The summed E-state index contributed by atoms with van der Waals surface area (Å²) in [6, 6.07) is 11.3. The van der Waals surface area contributed by atoms with E-state index in [0.717, 1.165) is 17.0 Å². The predicted molar refractivity (Wildman–Crippen MR) is 146 cm³/mol. The Morgan fingerprint density at radius 3 is 2.27 bits per heavy atom. The summed E-state index contributed by atoms with van der Waals surface area (Å²) in [4.78, 5) is 27.2. The molecule has 0 heterocycles. The van der Waals surface area contributed by atoms with Crippen molar-refractivity contribution in [1.29, 1.82) is 0 Å². The maximum atomic E-state index is 14.8. The molecule has 37 heavy (non-hydrogen) atoms. The third kappa shape index (κ3) is 5.20. The number of hydrogen-bond donors (Lipinski definition) is 2. The van der Waals surface area contributed by atoms with E-state index < -0.39 is 39.6 Å². The van der Waals surface area contributed by atoms with Gasteiger partial charge in [-0.05, 0) is 48.0 Å². The van der Waals surface area contributed by atoms with Gasteiger partial charge in [-0.2, -0.15) is 0 Å². The van der Waals surface area contributed by atoms with E-state index in [2.05, 4.69) is 10.6 Å². The summed E-state index contributed by atoms with van der Waals surface area (Å²) in [5, 5.41) is 5.84. The first-order valence-corrected chi connectivity index (χ1v) is 12.6. The van der Waals surface area contributed by atoms with Crippen molar-refractivity contribution in [2.75, 3.05) is 29.6 Å². The van der Waals surface area contributed by atoms with E-state index >= 15 is 0 Å². The van der Waals surface area contributed by atoms with Gasteiger partial charge < -0.3 is 15.5 Å². The number of rotatable bonds is 6. The van der Waals surface area contributed by atoms with Crippen LogP contribution in [0.25, 0.3) is 0 Å². The van der Waals surface area contributed by atoms with Gasteiger partial charge >= 0.3 is 0 Å². The van der Waals surface area contributed by atoms with Crippen LogP contribution in [0.15, 0.2) is 48.5 Å². The normalized spacial score (nSPS) is 17.8. The minimum Gasteiger partial charge on any atom is -0.383 e. The van der Waals surface area contributed by atoms with Crippen LogP contribution in [0.4, 0.5) is 25.8 Å². The van der Waals surface area contributed by atoms with Gasteiger partial charge in [-0.1, -0.05) is 40.9 Å². The molecule has 0 aliphatic heterocycles. The van der Waals surface area contributed by atoms with Crippen molar-refractivity contribution in [2.24, 2.45) is 5.92 Å². The van der Waals surface area contributed by atoms with Crippen molar-refractivity contribution in [3.63, 3.8) is 0 Å². The lowest BCUT2D eigenvalue weighted by Crippen LogP contribution is -2.28. The molecule has 1 fully saturated rings. The highest BCUT2D eigenvalue weighted by Crippen LogP contribution is 2.65. The first-order chi connectivity index (χ1) is 17.4. The molecular formula is C25H18Cl5F2N3O2. The molecule has 5 nitrogen and oxygen atoms in total. The van der Waals surface area contributed by atoms with Crippen LogP contribution in [0.5, 0.6) is 0 Å². The molecule has 12 heteroatoms. The molecule has 0 radical (unpaired) electrons. The van der Waals surface area contributed by atoms with Crippen LogP contribution in [0.2, 0.25) is 15.1 Å². The lowest BCUT2D eigenvalue weighted by Gasteiger charge is -2.20. The highest BCUT2D eigenvalue weighted by molar-refractivity contribution is 6.53. The summed E-state index contributed by atoms with van der Waals surface area (Å²) in [5.74, 6) is -4.26. The zero-order valence-corrected chi connectivity index (χ0v) is 23.0. The molecule has 1 saturated carbocycles. The fourth-order valence-electron chi connectivity index (χ4n) is 4.08. The molecule has 2 N–H and O–H groups in total. The minimum atomic E-state index is -1.38. The van der Waals surface area contributed by atoms with Crippen molar-refractivity contribution in [3.8, 4) is 0 Å². The molecule has 1 aliphatic rings. The van der Waals surface area contributed by atoms with Crippen LogP contribution in [0.1, 0.15) is 21.8 Å². The second-order valence-electron chi connectivity index (χ2n) is 8.36. The highest BCUT2D eigenvalue weighted by atomic mass is 35.5. The third-order valence-corrected chi connectivity index (χ3v) is 8.10. The molecule has 1 aliphatic carbocycles. The predicted octanol–water partition coefficient (Wildman–Crippen LogP) is 7.77. The van der Waals surface area contributed by atoms with Crippen LogP contribution in [-0.4, -0.2) is 30.2 Å². The van der Waals surface area contributed by atoms with Crippen molar-refractivity contribution in [1.82, 2.24) is 0 Å². The van der Waals surface area contributed by atoms with Gasteiger partial charge in [0.2, 0.25) is 5.91 Å².